The summed E-state index contributed by atoms with van der Waals surface area (Å²) >= 11 is 7.59. The van der Waals surface area contributed by atoms with Crippen molar-refractivity contribution in [2.75, 3.05) is 19.8 Å². The minimum absolute atomic E-state index is 0.738. The van der Waals surface area contributed by atoms with Crippen LogP contribution >= 0.6 is 45.3 Å². The standard InChI is InChI=1S/C62H88O3S4/c1-6-9-12-15-18-21-24-27-30-33-36-63-58-45-50-47(5)67-62(61(50)69-58)57-42-49-41-52-54(44-56(49)68-57)59(64-37-34-31-28-25-22-19-16-13-10-7-2)51-40-48-39-46(4)66-55(48)43-53(51)60(52)65-38-35-32-29-26-23-20-17-14-11-8-3/h39-45H,6-38H2,1-5H3. The molecule has 3 aromatic carbocycles. The van der Waals surface area contributed by atoms with Crippen LogP contribution in [-0.4, -0.2) is 19.8 Å². The lowest BCUT2D eigenvalue weighted by Crippen LogP contribution is -2.02. The van der Waals surface area contributed by atoms with Crippen molar-refractivity contribution in [2.45, 2.75) is 227 Å². The highest BCUT2D eigenvalue weighted by Gasteiger charge is 2.22. The third-order valence-electron chi connectivity index (χ3n) is 14.4. The minimum atomic E-state index is 0.738. The molecule has 7 aromatic rings. The zero-order valence-corrected chi connectivity index (χ0v) is 47.0. The molecule has 0 spiro atoms. The van der Waals surface area contributed by atoms with Gasteiger partial charge in [0, 0.05) is 57.0 Å². The average Bonchev–Trinajstić information content (AvgIpc) is 4.13. The van der Waals surface area contributed by atoms with Crippen LogP contribution in [0.3, 0.4) is 0 Å². The van der Waals surface area contributed by atoms with E-state index in [0.717, 1.165) is 55.6 Å². The number of ether oxygens (including phenoxy) is 3. The van der Waals surface area contributed by atoms with Crippen LogP contribution in [0.25, 0.3) is 61.6 Å². The average molecular weight is 1010 g/mol. The Balaban J connectivity index is 1.11. The molecular weight excluding hydrogens is 921 g/mol. The maximum atomic E-state index is 7.05. The van der Waals surface area contributed by atoms with E-state index in [1.807, 2.05) is 45.3 Å². The van der Waals surface area contributed by atoms with Crippen LogP contribution in [0.4, 0.5) is 0 Å². The predicted molar refractivity (Wildman–Crippen MR) is 312 cm³/mol. The molecule has 0 atom stereocenters. The quantitative estimate of drug-likeness (QED) is 0.0287. The molecule has 4 heterocycles. The second-order valence-corrected chi connectivity index (χ2v) is 25.0. The predicted octanol–water partition coefficient (Wildman–Crippen LogP) is 22.9. The molecular formula is C62H88O3S4. The van der Waals surface area contributed by atoms with E-state index in [4.69, 9.17) is 14.2 Å². The fourth-order valence-corrected chi connectivity index (χ4v) is 14.9. The molecule has 69 heavy (non-hydrogen) atoms. The molecule has 0 fully saturated rings. The zero-order valence-electron chi connectivity index (χ0n) is 43.7. The Morgan fingerprint density at radius 3 is 1.20 bits per heavy atom. The van der Waals surface area contributed by atoms with E-state index in [1.54, 1.807) is 0 Å². The topological polar surface area (TPSA) is 27.7 Å². The first-order valence-corrected chi connectivity index (χ1v) is 31.5. The number of hydrogen-bond donors (Lipinski definition) is 0. The van der Waals surface area contributed by atoms with Crippen molar-refractivity contribution >= 4 is 97.2 Å². The van der Waals surface area contributed by atoms with Gasteiger partial charge in [0.2, 0.25) is 0 Å². The summed E-state index contributed by atoms with van der Waals surface area (Å²) in [5, 5.41) is 9.75. The molecule has 0 saturated heterocycles. The molecule has 0 amide bonds. The highest BCUT2D eigenvalue weighted by atomic mass is 32.1. The van der Waals surface area contributed by atoms with Crippen molar-refractivity contribution in [2.24, 2.45) is 0 Å². The Bertz CT molecular complexity index is 2450. The van der Waals surface area contributed by atoms with Gasteiger partial charge < -0.3 is 14.2 Å². The number of fused-ring (bicyclic) bond motifs is 5. The summed E-state index contributed by atoms with van der Waals surface area (Å²) in [7, 11) is 0. The van der Waals surface area contributed by atoms with Crippen molar-refractivity contribution in [1.29, 1.82) is 0 Å². The fourth-order valence-electron chi connectivity index (χ4n) is 10.3. The number of hydrogen-bond acceptors (Lipinski definition) is 7. The molecule has 3 nitrogen and oxygen atoms in total. The van der Waals surface area contributed by atoms with Crippen molar-refractivity contribution in [3.8, 4) is 26.3 Å². The van der Waals surface area contributed by atoms with E-state index in [9.17, 15) is 0 Å². The molecule has 0 unspecified atom stereocenters. The van der Waals surface area contributed by atoms with Gasteiger partial charge in [-0.05, 0) is 80.3 Å². The number of benzene rings is 3. The highest BCUT2D eigenvalue weighted by molar-refractivity contribution is 7.31. The van der Waals surface area contributed by atoms with E-state index in [1.165, 1.54) is 245 Å². The summed E-state index contributed by atoms with van der Waals surface area (Å²) in [5.74, 6) is 2.06. The van der Waals surface area contributed by atoms with Crippen LogP contribution in [-0.2, 0) is 0 Å². The van der Waals surface area contributed by atoms with Gasteiger partial charge in [0.1, 0.15) is 11.5 Å². The Labute approximate surface area is 434 Å². The maximum absolute atomic E-state index is 7.05. The van der Waals surface area contributed by atoms with Crippen molar-refractivity contribution in [3.63, 3.8) is 0 Å². The molecule has 0 bridgehead atoms. The van der Waals surface area contributed by atoms with Crippen molar-refractivity contribution in [1.82, 2.24) is 0 Å². The van der Waals surface area contributed by atoms with E-state index in [2.05, 4.69) is 77.1 Å². The highest BCUT2D eigenvalue weighted by Crippen LogP contribution is 2.51. The van der Waals surface area contributed by atoms with E-state index >= 15 is 0 Å². The molecule has 0 saturated carbocycles. The van der Waals surface area contributed by atoms with Crippen molar-refractivity contribution < 1.29 is 14.2 Å². The lowest BCUT2D eigenvalue weighted by atomic mass is 9.98. The van der Waals surface area contributed by atoms with Crippen LogP contribution in [0.2, 0.25) is 0 Å². The summed E-state index contributed by atoms with van der Waals surface area (Å²) in [4.78, 5) is 5.43. The van der Waals surface area contributed by atoms with Gasteiger partial charge in [-0.15, -0.1) is 34.0 Å². The van der Waals surface area contributed by atoms with Gasteiger partial charge in [-0.25, -0.2) is 0 Å². The summed E-state index contributed by atoms with van der Waals surface area (Å²) in [6.45, 7) is 13.7. The lowest BCUT2D eigenvalue weighted by Gasteiger charge is -2.19. The Morgan fingerprint density at radius 2 is 0.739 bits per heavy atom. The zero-order chi connectivity index (χ0) is 48.0. The van der Waals surface area contributed by atoms with Gasteiger partial charge in [0.05, 0.1) is 29.4 Å². The van der Waals surface area contributed by atoms with Gasteiger partial charge in [0.25, 0.3) is 0 Å². The van der Waals surface area contributed by atoms with Gasteiger partial charge in [0.15, 0.2) is 5.06 Å². The SMILES string of the molecule is CCCCCCCCCCCCOc1cc2c(C)sc(-c3cc4cc5c(OCCCCCCCCCCCC)c6cc7sc(C)cc7cc6c(OCCCCCCCCCCCC)c5cc4s3)c2s1. The first-order valence-electron chi connectivity index (χ1n) is 28.3. The molecule has 7 rings (SSSR count). The fraction of sp³-hybridized carbons (Fsp3) is 0.613. The second-order valence-electron chi connectivity index (χ2n) is 20.4. The first-order chi connectivity index (χ1) is 34.0. The molecule has 0 radical (unpaired) electrons. The third kappa shape index (κ3) is 15.8. The number of unbranched alkanes of at least 4 members (excludes halogenated alkanes) is 27. The van der Waals surface area contributed by atoms with Gasteiger partial charge in [-0.3, -0.25) is 0 Å². The van der Waals surface area contributed by atoms with Crippen LogP contribution in [0, 0.1) is 13.8 Å². The molecule has 7 heteroatoms. The summed E-state index contributed by atoms with van der Waals surface area (Å²) in [6.07, 6.45) is 39.8. The summed E-state index contributed by atoms with van der Waals surface area (Å²) in [6, 6.07) is 16.8. The molecule has 0 N–H and O–H groups in total. The second kappa shape index (κ2) is 29.6. The van der Waals surface area contributed by atoms with Crippen molar-refractivity contribution in [3.05, 3.63) is 52.2 Å². The van der Waals surface area contributed by atoms with Crippen LogP contribution in [0.15, 0.2) is 42.5 Å². The summed E-state index contributed by atoms with van der Waals surface area (Å²) in [5.41, 5.74) is 0. The number of thiophene rings is 4. The van der Waals surface area contributed by atoms with Crippen LogP contribution in [0.5, 0.6) is 16.6 Å². The minimum Gasteiger partial charge on any atom is -0.492 e. The molecule has 0 aliphatic rings. The third-order valence-corrected chi connectivity index (χ3v) is 19.0. The van der Waals surface area contributed by atoms with E-state index < -0.39 is 0 Å². The van der Waals surface area contributed by atoms with Crippen LogP contribution in [0.1, 0.15) is 223 Å². The van der Waals surface area contributed by atoms with E-state index in [-0.39, 0.29) is 0 Å². The summed E-state index contributed by atoms with van der Waals surface area (Å²) < 4.78 is 24.5. The smallest absolute Gasteiger partial charge is 0.175 e. The maximum Gasteiger partial charge on any atom is 0.175 e. The van der Waals surface area contributed by atoms with Gasteiger partial charge in [-0.2, -0.15) is 0 Å². The molecule has 0 aliphatic heterocycles. The Morgan fingerprint density at radius 1 is 0.348 bits per heavy atom. The molecule has 4 aromatic heterocycles. The first kappa shape index (κ1) is 53.9. The van der Waals surface area contributed by atoms with Gasteiger partial charge in [-0.1, -0.05) is 205 Å². The normalized spacial score (nSPS) is 12.0. The number of aryl methyl sites for hydroxylation is 2. The Hall–Kier alpha value is -2.84. The van der Waals surface area contributed by atoms with Gasteiger partial charge >= 0.3 is 0 Å². The van der Waals surface area contributed by atoms with E-state index in [0.29, 0.717) is 0 Å². The largest absolute Gasteiger partial charge is 0.492 e. The number of rotatable bonds is 37. The molecule has 0 aliphatic carbocycles. The molecule has 378 valence electrons. The lowest BCUT2D eigenvalue weighted by molar-refractivity contribution is 0.306. The Kier molecular flexibility index (Phi) is 23.2. The monoisotopic (exact) mass is 1010 g/mol. The van der Waals surface area contributed by atoms with Crippen LogP contribution < -0.4 is 14.2 Å².